The third kappa shape index (κ3) is 4.36. The predicted octanol–water partition coefficient (Wildman–Crippen LogP) is 0.802. The van der Waals surface area contributed by atoms with Gasteiger partial charge in [0, 0.05) is 19.2 Å². The van der Waals surface area contributed by atoms with Gasteiger partial charge in [-0.3, -0.25) is 9.59 Å². The predicted molar refractivity (Wildman–Crippen MR) is 93.1 cm³/mol. The van der Waals surface area contributed by atoms with E-state index in [2.05, 4.69) is 15.3 Å². The molecule has 0 saturated carbocycles. The molecule has 0 bridgehead atoms. The molecule has 1 saturated heterocycles. The molecule has 0 aliphatic carbocycles. The Hall–Kier alpha value is -2.87. The SMILES string of the molecule is Cc1ccc(NC(=O)Cc2nc(N3CCOCC3)cc(=O)[nH]2)c(O)c1. The van der Waals surface area contributed by atoms with Gasteiger partial charge in [-0.05, 0) is 24.6 Å². The highest BCUT2D eigenvalue weighted by molar-refractivity contribution is 5.93. The average molecular weight is 344 g/mol. The minimum absolute atomic E-state index is 0.00290. The van der Waals surface area contributed by atoms with Crippen LogP contribution in [0.2, 0.25) is 0 Å². The molecular weight excluding hydrogens is 324 g/mol. The van der Waals surface area contributed by atoms with E-state index in [1.165, 1.54) is 6.07 Å². The Kier molecular flexibility index (Phi) is 4.99. The summed E-state index contributed by atoms with van der Waals surface area (Å²) in [5.41, 5.74) is 0.902. The van der Waals surface area contributed by atoms with Gasteiger partial charge in [-0.2, -0.15) is 0 Å². The quantitative estimate of drug-likeness (QED) is 0.708. The van der Waals surface area contributed by atoms with E-state index in [1.807, 2.05) is 11.8 Å². The molecule has 1 aliphatic rings. The molecule has 2 aromatic rings. The fourth-order valence-electron chi connectivity index (χ4n) is 2.63. The van der Waals surface area contributed by atoms with Gasteiger partial charge in [-0.25, -0.2) is 4.98 Å². The summed E-state index contributed by atoms with van der Waals surface area (Å²) in [6.07, 6.45) is -0.0965. The fourth-order valence-corrected chi connectivity index (χ4v) is 2.63. The lowest BCUT2D eigenvalue weighted by Crippen LogP contribution is -2.37. The maximum atomic E-state index is 12.2. The molecule has 1 aliphatic heterocycles. The van der Waals surface area contributed by atoms with E-state index >= 15 is 0 Å². The number of aromatic amines is 1. The van der Waals surface area contributed by atoms with Crippen molar-refractivity contribution in [3.05, 3.63) is 46.0 Å². The number of aromatic hydroxyl groups is 1. The van der Waals surface area contributed by atoms with Gasteiger partial charge in [-0.1, -0.05) is 6.07 Å². The second kappa shape index (κ2) is 7.35. The summed E-state index contributed by atoms with van der Waals surface area (Å²) in [7, 11) is 0. The number of amides is 1. The van der Waals surface area contributed by atoms with Gasteiger partial charge in [0.15, 0.2) is 0 Å². The van der Waals surface area contributed by atoms with E-state index < -0.39 is 0 Å². The normalized spacial score (nSPS) is 14.4. The maximum absolute atomic E-state index is 12.2. The molecule has 25 heavy (non-hydrogen) atoms. The highest BCUT2D eigenvalue weighted by atomic mass is 16.5. The number of benzene rings is 1. The number of anilines is 2. The molecule has 1 aromatic carbocycles. The number of hydrogen-bond donors (Lipinski definition) is 3. The summed E-state index contributed by atoms with van der Waals surface area (Å²) in [4.78, 5) is 33.0. The Morgan fingerprint density at radius 3 is 2.84 bits per heavy atom. The van der Waals surface area contributed by atoms with Gasteiger partial charge in [-0.15, -0.1) is 0 Å². The third-order valence-electron chi connectivity index (χ3n) is 3.87. The lowest BCUT2D eigenvalue weighted by Gasteiger charge is -2.27. The first-order valence-corrected chi connectivity index (χ1v) is 8.03. The van der Waals surface area contributed by atoms with Crippen molar-refractivity contribution in [1.29, 1.82) is 0 Å². The summed E-state index contributed by atoms with van der Waals surface area (Å²) in [5, 5.41) is 12.5. The molecule has 1 fully saturated rings. The smallest absolute Gasteiger partial charge is 0.252 e. The first-order valence-electron chi connectivity index (χ1n) is 8.03. The molecule has 3 rings (SSSR count). The van der Waals surface area contributed by atoms with Crippen molar-refractivity contribution in [2.45, 2.75) is 13.3 Å². The van der Waals surface area contributed by atoms with E-state index in [9.17, 15) is 14.7 Å². The highest BCUT2D eigenvalue weighted by Gasteiger charge is 2.15. The van der Waals surface area contributed by atoms with Crippen LogP contribution in [-0.2, 0) is 16.0 Å². The lowest BCUT2D eigenvalue weighted by atomic mass is 10.2. The second-order valence-corrected chi connectivity index (χ2v) is 5.90. The molecule has 8 nitrogen and oxygen atoms in total. The van der Waals surface area contributed by atoms with E-state index in [0.29, 0.717) is 37.8 Å². The Bertz CT molecular complexity index is 828. The number of aryl methyl sites for hydroxylation is 1. The zero-order valence-electron chi connectivity index (χ0n) is 13.9. The number of aromatic nitrogens is 2. The third-order valence-corrected chi connectivity index (χ3v) is 3.87. The van der Waals surface area contributed by atoms with Crippen molar-refractivity contribution >= 4 is 17.4 Å². The maximum Gasteiger partial charge on any atom is 0.252 e. The first-order chi connectivity index (χ1) is 12.0. The molecule has 3 N–H and O–H groups in total. The number of rotatable bonds is 4. The van der Waals surface area contributed by atoms with Crippen molar-refractivity contribution in [1.82, 2.24) is 9.97 Å². The standard InChI is InChI=1S/C17H20N4O4/c1-11-2-3-12(13(22)8-11)18-16(23)9-14-19-15(10-17(24)20-14)21-4-6-25-7-5-21/h2-3,8,10,22H,4-7,9H2,1H3,(H,18,23)(H,19,20,24). The van der Waals surface area contributed by atoms with Crippen LogP contribution in [0.4, 0.5) is 11.5 Å². The summed E-state index contributed by atoms with van der Waals surface area (Å²) in [6, 6.07) is 6.39. The number of nitrogens with one attached hydrogen (secondary N) is 2. The number of carbonyl (C=O) groups is 1. The number of hydrogen-bond acceptors (Lipinski definition) is 6. The minimum atomic E-state index is -0.374. The van der Waals surface area contributed by atoms with Gasteiger partial charge in [0.1, 0.15) is 17.4 Å². The Morgan fingerprint density at radius 1 is 1.36 bits per heavy atom. The Labute approximate surface area is 144 Å². The zero-order chi connectivity index (χ0) is 17.8. The van der Waals surface area contributed by atoms with Crippen molar-refractivity contribution in [3.8, 4) is 5.75 Å². The molecule has 0 unspecified atom stereocenters. The van der Waals surface area contributed by atoms with E-state index in [4.69, 9.17) is 4.74 Å². The van der Waals surface area contributed by atoms with E-state index in [1.54, 1.807) is 18.2 Å². The van der Waals surface area contributed by atoms with E-state index in [0.717, 1.165) is 5.56 Å². The first kappa shape index (κ1) is 17.0. The molecule has 8 heteroatoms. The fraction of sp³-hybridized carbons (Fsp3) is 0.353. The van der Waals surface area contributed by atoms with Crippen molar-refractivity contribution in [3.63, 3.8) is 0 Å². The van der Waals surface area contributed by atoms with Crippen LogP contribution in [0.15, 0.2) is 29.1 Å². The minimum Gasteiger partial charge on any atom is -0.506 e. The van der Waals surface area contributed by atoms with Gasteiger partial charge in [0.25, 0.3) is 5.56 Å². The highest BCUT2D eigenvalue weighted by Crippen LogP contribution is 2.23. The number of H-pyrrole nitrogens is 1. The summed E-state index contributed by atoms with van der Waals surface area (Å²) < 4.78 is 5.29. The van der Waals surface area contributed by atoms with Gasteiger partial charge in [0.2, 0.25) is 5.91 Å². The number of phenols is 1. The molecule has 1 aromatic heterocycles. The molecule has 1 amide bonds. The van der Waals surface area contributed by atoms with E-state index in [-0.39, 0.29) is 29.5 Å². The van der Waals surface area contributed by atoms with Crippen LogP contribution in [0.1, 0.15) is 11.4 Å². The largest absolute Gasteiger partial charge is 0.506 e. The summed E-state index contributed by atoms with van der Waals surface area (Å²) >= 11 is 0. The van der Waals surface area contributed by atoms with Crippen molar-refractivity contribution in [2.75, 3.05) is 36.5 Å². The lowest BCUT2D eigenvalue weighted by molar-refractivity contribution is -0.115. The van der Waals surface area contributed by atoms with Crippen LogP contribution in [-0.4, -0.2) is 47.3 Å². The van der Waals surface area contributed by atoms with Crippen LogP contribution in [0, 0.1) is 6.92 Å². The number of carbonyl (C=O) groups excluding carboxylic acids is 1. The molecule has 2 heterocycles. The number of phenolic OH excluding ortho intramolecular Hbond substituents is 1. The number of ether oxygens (including phenoxy) is 1. The Morgan fingerprint density at radius 2 is 2.12 bits per heavy atom. The average Bonchev–Trinajstić information content (AvgIpc) is 2.58. The second-order valence-electron chi connectivity index (χ2n) is 5.90. The number of morpholine rings is 1. The number of nitrogens with zero attached hydrogens (tertiary/aromatic N) is 2. The molecule has 0 atom stereocenters. The molecular formula is C17H20N4O4. The molecule has 0 radical (unpaired) electrons. The topological polar surface area (TPSA) is 108 Å². The van der Waals surface area contributed by atoms with Gasteiger partial charge in [0.05, 0.1) is 25.3 Å². The summed E-state index contributed by atoms with van der Waals surface area (Å²) in [5.74, 6) is 0.435. The zero-order valence-corrected chi connectivity index (χ0v) is 13.9. The summed E-state index contributed by atoms with van der Waals surface area (Å²) in [6.45, 7) is 4.31. The monoisotopic (exact) mass is 344 g/mol. The van der Waals surface area contributed by atoms with Gasteiger partial charge >= 0.3 is 0 Å². The van der Waals surface area contributed by atoms with Crippen molar-refractivity contribution in [2.24, 2.45) is 0 Å². The molecule has 0 spiro atoms. The van der Waals surface area contributed by atoms with Crippen LogP contribution in [0.25, 0.3) is 0 Å². The Balaban J connectivity index is 1.72. The van der Waals surface area contributed by atoms with Crippen molar-refractivity contribution < 1.29 is 14.6 Å². The van der Waals surface area contributed by atoms with Gasteiger partial charge < -0.3 is 25.0 Å². The van der Waals surface area contributed by atoms with Crippen LogP contribution in [0.5, 0.6) is 5.75 Å². The van der Waals surface area contributed by atoms with Crippen LogP contribution < -0.4 is 15.8 Å². The van der Waals surface area contributed by atoms with Crippen LogP contribution >= 0.6 is 0 Å². The molecule has 132 valence electrons. The van der Waals surface area contributed by atoms with Crippen LogP contribution in [0.3, 0.4) is 0 Å².